The van der Waals surface area contributed by atoms with Gasteiger partial charge >= 0.3 is 0 Å². The van der Waals surface area contributed by atoms with E-state index in [1.807, 2.05) is 30.3 Å². The van der Waals surface area contributed by atoms with Crippen molar-refractivity contribution in [3.05, 3.63) is 30.3 Å². The summed E-state index contributed by atoms with van der Waals surface area (Å²) < 4.78 is 5.66. The Morgan fingerprint density at radius 2 is 2.17 bits per heavy atom. The van der Waals surface area contributed by atoms with E-state index in [0.717, 1.165) is 31.7 Å². The molecule has 98 valence electrons. The average molecular weight is 264 g/mol. The summed E-state index contributed by atoms with van der Waals surface area (Å²) in [4.78, 5) is 0. The van der Waals surface area contributed by atoms with Crippen LogP contribution in [0.3, 0.4) is 0 Å². The van der Waals surface area contributed by atoms with E-state index in [1.54, 1.807) is 0 Å². The molecule has 0 saturated carbocycles. The van der Waals surface area contributed by atoms with Crippen LogP contribution in [0.1, 0.15) is 19.8 Å². The second-order valence-electron chi connectivity index (χ2n) is 4.57. The Bertz CT molecular complexity index is 383. The molecule has 2 rings (SSSR count). The van der Waals surface area contributed by atoms with E-state index in [-0.39, 0.29) is 0 Å². The summed E-state index contributed by atoms with van der Waals surface area (Å²) in [5.41, 5.74) is 1.02. The predicted molar refractivity (Wildman–Crippen MR) is 78.8 cm³/mol. The van der Waals surface area contributed by atoms with Crippen LogP contribution in [0.4, 0.5) is 5.69 Å². The summed E-state index contributed by atoms with van der Waals surface area (Å²) in [5.74, 6) is 0.575. The molecule has 1 saturated heterocycles. The first-order valence-electron chi connectivity index (χ1n) is 6.51. The van der Waals surface area contributed by atoms with Crippen LogP contribution in [0.5, 0.6) is 0 Å². The quantitative estimate of drug-likeness (QED) is 0.819. The summed E-state index contributed by atoms with van der Waals surface area (Å²) in [6, 6.07) is 9.97. The van der Waals surface area contributed by atoms with Gasteiger partial charge in [0.25, 0.3) is 0 Å². The Kier molecular flexibility index (Phi) is 4.96. The van der Waals surface area contributed by atoms with E-state index in [0.29, 0.717) is 17.1 Å². The van der Waals surface area contributed by atoms with Crippen LogP contribution >= 0.6 is 12.2 Å². The van der Waals surface area contributed by atoms with E-state index in [2.05, 4.69) is 17.6 Å². The van der Waals surface area contributed by atoms with Crippen molar-refractivity contribution < 1.29 is 4.74 Å². The second kappa shape index (κ2) is 6.71. The fraction of sp³-hybridized carbons (Fsp3) is 0.500. The molecule has 1 heterocycles. The van der Waals surface area contributed by atoms with Crippen LogP contribution in [0.25, 0.3) is 0 Å². The average Bonchev–Trinajstić information content (AvgIpc) is 2.85. The molecule has 1 aliphatic heterocycles. The number of para-hydroxylation sites is 1. The van der Waals surface area contributed by atoms with Crippen LogP contribution < -0.4 is 10.6 Å². The Morgan fingerprint density at radius 1 is 1.39 bits per heavy atom. The molecule has 2 atom stereocenters. The lowest BCUT2D eigenvalue weighted by Gasteiger charge is -2.18. The molecule has 1 aliphatic rings. The molecule has 0 aliphatic carbocycles. The first-order valence-corrected chi connectivity index (χ1v) is 6.92. The third kappa shape index (κ3) is 3.68. The SMILES string of the molecule is CCC1OCCC1CNC(=S)Nc1ccccc1. The van der Waals surface area contributed by atoms with Gasteiger partial charge in [0.05, 0.1) is 6.10 Å². The minimum absolute atomic E-state index is 0.386. The number of rotatable bonds is 4. The highest BCUT2D eigenvalue weighted by Crippen LogP contribution is 2.22. The zero-order chi connectivity index (χ0) is 12.8. The number of benzene rings is 1. The van der Waals surface area contributed by atoms with E-state index in [1.165, 1.54) is 0 Å². The molecule has 0 aromatic heterocycles. The molecule has 1 fully saturated rings. The topological polar surface area (TPSA) is 33.3 Å². The second-order valence-corrected chi connectivity index (χ2v) is 4.98. The summed E-state index contributed by atoms with van der Waals surface area (Å²) in [5, 5.41) is 7.14. The fourth-order valence-corrected chi connectivity index (χ4v) is 2.50. The summed E-state index contributed by atoms with van der Waals surface area (Å²) in [7, 11) is 0. The van der Waals surface area contributed by atoms with Crippen molar-refractivity contribution in [3.63, 3.8) is 0 Å². The number of hydrogen-bond donors (Lipinski definition) is 2. The van der Waals surface area contributed by atoms with Gasteiger partial charge in [-0.05, 0) is 37.2 Å². The maximum atomic E-state index is 5.66. The zero-order valence-electron chi connectivity index (χ0n) is 10.7. The molecule has 0 spiro atoms. The van der Waals surface area contributed by atoms with Gasteiger partial charge in [0.1, 0.15) is 0 Å². The fourth-order valence-electron chi connectivity index (χ4n) is 2.30. The molecule has 4 heteroatoms. The van der Waals surface area contributed by atoms with E-state index >= 15 is 0 Å². The van der Waals surface area contributed by atoms with Crippen LogP contribution in [0, 0.1) is 5.92 Å². The van der Waals surface area contributed by atoms with Gasteiger partial charge in [-0.1, -0.05) is 25.1 Å². The number of hydrogen-bond acceptors (Lipinski definition) is 2. The van der Waals surface area contributed by atoms with Gasteiger partial charge < -0.3 is 15.4 Å². The molecule has 18 heavy (non-hydrogen) atoms. The lowest BCUT2D eigenvalue weighted by atomic mass is 10.00. The van der Waals surface area contributed by atoms with E-state index in [9.17, 15) is 0 Å². The van der Waals surface area contributed by atoms with Crippen LogP contribution in [-0.2, 0) is 4.74 Å². The van der Waals surface area contributed by atoms with Crippen molar-refractivity contribution in [3.8, 4) is 0 Å². The molecule has 0 amide bonds. The van der Waals surface area contributed by atoms with Crippen LogP contribution in [0.15, 0.2) is 30.3 Å². The van der Waals surface area contributed by atoms with Crippen molar-refractivity contribution in [1.29, 1.82) is 0 Å². The molecule has 1 aromatic carbocycles. The normalized spacial score (nSPS) is 22.7. The maximum absolute atomic E-state index is 5.66. The number of anilines is 1. The van der Waals surface area contributed by atoms with Gasteiger partial charge in [0.2, 0.25) is 0 Å². The van der Waals surface area contributed by atoms with Crippen molar-refractivity contribution in [2.75, 3.05) is 18.5 Å². The summed E-state index contributed by atoms with van der Waals surface area (Å²) in [6.07, 6.45) is 2.59. The van der Waals surface area contributed by atoms with Crippen LogP contribution in [-0.4, -0.2) is 24.4 Å². The lowest BCUT2D eigenvalue weighted by Crippen LogP contribution is -2.35. The highest BCUT2D eigenvalue weighted by molar-refractivity contribution is 7.80. The highest BCUT2D eigenvalue weighted by Gasteiger charge is 2.26. The molecule has 2 unspecified atom stereocenters. The molecule has 3 nitrogen and oxygen atoms in total. The van der Waals surface area contributed by atoms with Crippen molar-refractivity contribution in [1.82, 2.24) is 5.32 Å². The molecule has 0 radical (unpaired) electrons. The van der Waals surface area contributed by atoms with Gasteiger partial charge in [-0.3, -0.25) is 0 Å². The third-order valence-electron chi connectivity index (χ3n) is 3.31. The Labute approximate surface area is 114 Å². The third-order valence-corrected chi connectivity index (χ3v) is 3.55. The van der Waals surface area contributed by atoms with Gasteiger partial charge in [0.15, 0.2) is 5.11 Å². The van der Waals surface area contributed by atoms with Gasteiger partial charge in [-0.15, -0.1) is 0 Å². The molecule has 2 N–H and O–H groups in total. The molecular formula is C14H20N2OS. The number of thiocarbonyl (C=S) groups is 1. The Morgan fingerprint density at radius 3 is 2.89 bits per heavy atom. The summed E-state index contributed by atoms with van der Waals surface area (Å²) >= 11 is 5.28. The van der Waals surface area contributed by atoms with Crippen molar-refractivity contribution in [2.45, 2.75) is 25.9 Å². The largest absolute Gasteiger partial charge is 0.378 e. The smallest absolute Gasteiger partial charge is 0.170 e. The monoisotopic (exact) mass is 264 g/mol. The van der Waals surface area contributed by atoms with Gasteiger partial charge in [-0.2, -0.15) is 0 Å². The Balaban J connectivity index is 1.75. The van der Waals surface area contributed by atoms with Gasteiger partial charge in [0, 0.05) is 24.8 Å². The standard InChI is InChI=1S/C14H20N2OS/c1-2-13-11(8-9-17-13)10-15-14(18)16-12-6-4-3-5-7-12/h3-7,11,13H,2,8-10H2,1H3,(H2,15,16,18). The molecule has 1 aromatic rings. The predicted octanol–water partition coefficient (Wildman–Crippen LogP) is 2.79. The van der Waals surface area contributed by atoms with Crippen molar-refractivity contribution >= 4 is 23.0 Å². The minimum atomic E-state index is 0.386. The lowest BCUT2D eigenvalue weighted by molar-refractivity contribution is 0.0883. The highest BCUT2D eigenvalue weighted by atomic mass is 32.1. The number of nitrogens with one attached hydrogen (secondary N) is 2. The maximum Gasteiger partial charge on any atom is 0.170 e. The Hall–Kier alpha value is -1.13. The van der Waals surface area contributed by atoms with E-state index < -0.39 is 0 Å². The molecule has 0 bridgehead atoms. The first kappa shape index (κ1) is 13.3. The molecular weight excluding hydrogens is 244 g/mol. The number of ether oxygens (including phenoxy) is 1. The first-order chi connectivity index (χ1) is 8.79. The van der Waals surface area contributed by atoms with Crippen molar-refractivity contribution in [2.24, 2.45) is 5.92 Å². The van der Waals surface area contributed by atoms with Gasteiger partial charge in [-0.25, -0.2) is 0 Å². The van der Waals surface area contributed by atoms with E-state index in [4.69, 9.17) is 17.0 Å². The van der Waals surface area contributed by atoms with Crippen LogP contribution in [0.2, 0.25) is 0 Å². The zero-order valence-corrected chi connectivity index (χ0v) is 11.5. The minimum Gasteiger partial charge on any atom is -0.378 e. The summed E-state index contributed by atoms with van der Waals surface area (Å²) in [6.45, 7) is 3.93.